The van der Waals surface area contributed by atoms with Crippen LogP contribution >= 0.6 is 15.9 Å². The summed E-state index contributed by atoms with van der Waals surface area (Å²) in [7, 11) is 2.74. The Labute approximate surface area is 124 Å². The van der Waals surface area contributed by atoms with Gasteiger partial charge >= 0.3 is 6.18 Å². The summed E-state index contributed by atoms with van der Waals surface area (Å²) in [6.45, 7) is 2.06. The number of hydrogen-bond acceptors (Lipinski definition) is 3. The summed E-state index contributed by atoms with van der Waals surface area (Å²) in [6.07, 6.45) is -3.82. The Balaban J connectivity index is 3.30. The summed E-state index contributed by atoms with van der Waals surface area (Å²) in [5.74, 6) is 0.483. The van der Waals surface area contributed by atoms with Gasteiger partial charge in [0.15, 0.2) is 0 Å². The van der Waals surface area contributed by atoms with Gasteiger partial charge in [-0.1, -0.05) is 6.92 Å². The maximum Gasteiger partial charge on any atom is 0.408 e. The lowest BCUT2D eigenvalue weighted by Gasteiger charge is -2.24. The van der Waals surface area contributed by atoms with Gasteiger partial charge in [0.25, 0.3) is 0 Å². The van der Waals surface area contributed by atoms with Gasteiger partial charge in [-0.15, -0.1) is 0 Å². The molecule has 1 aromatic rings. The number of hydrogen-bond donors (Lipinski definition) is 1. The Morgan fingerprint density at radius 3 is 2.25 bits per heavy atom. The first-order valence-electron chi connectivity index (χ1n) is 6.06. The summed E-state index contributed by atoms with van der Waals surface area (Å²) < 4.78 is 50.3. The van der Waals surface area contributed by atoms with Crippen molar-refractivity contribution in [3.8, 4) is 11.5 Å². The predicted octanol–water partition coefficient (Wildman–Crippen LogP) is 4.07. The second kappa shape index (κ2) is 7.17. The van der Waals surface area contributed by atoms with Crippen molar-refractivity contribution in [2.75, 3.05) is 20.8 Å². The number of alkyl halides is 3. The summed E-state index contributed by atoms with van der Waals surface area (Å²) in [5.41, 5.74) is 0.00787. The van der Waals surface area contributed by atoms with E-state index >= 15 is 0 Å². The third kappa shape index (κ3) is 4.02. The predicted molar refractivity (Wildman–Crippen MR) is 74.3 cm³/mol. The van der Waals surface area contributed by atoms with Crippen LogP contribution in [0.4, 0.5) is 13.2 Å². The zero-order chi connectivity index (χ0) is 15.3. The summed E-state index contributed by atoms with van der Waals surface area (Å²) in [4.78, 5) is 0. The maximum absolute atomic E-state index is 13.2. The Morgan fingerprint density at radius 2 is 1.80 bits per heavy atom. The standard InChI is InChI=1S/C13H17BrF3NO2/c1-4-5-18-12(13(15,16)17)8-6-11(20-3)9(14)7-10(8)19-2/h6-7,12,18H,4-5H2,1-3H3. The van der Waals surface area contributed by atoms with Crippen molar-refractivity contribution >= 4 is 15.9 Å². The molecule has 114 valence electrons. The maximum atomic E-state index is 13.2. The third-order valence-corrected chi connectivity index (χ3v) is 3.36. The van der Waals surface area contributed by atoms with Crippen LogP contribution in [-0.4, -0.2) is 26.9 Å². The van der Waals surface area contributed by atoms with E-state index in [9.17, 15) is 13.2 Å². The van der Waals surface area contributed by atoms with Crippen LogP contribution in [0.5, 0.6) is 11.5 Å². The van der Waals surface area contributed by atoms with Gasteiger partial charge in [0.1, 0.15) is 17.5 Å². The van der Waals surface area contributed by atoms with E-state index in [0.717, 1.165) is 0 Å². The van der Waals surface area contributed by atoms with Crippen molar-refractivity contribution < 1.29 is 22.6 Å². The molecular formula is C13H17BrF3NO2. The first-order chi connectivity index (χ1) is 9.35. The molecule has 0 spiro atoms. The summed E-state index contributed by atoms with van der Waals surface area (Å²) in [5, 5.41) is 2.50. The lowest BCUT2D eigenvalue weighted by molar-refractivity contribution is -0.158. The van der Waals surface area contributed by atoms with E-state index in [2.05, 4.69) is 21.2 Å². The topological polar surface area (TPSA) is 30.5 Å². The Bertz CT molecular complexity index is 452. The monoisotopic (exact) mass is 355 g/mol. The molecule has 0 aliphatic rings. The van der Waals surface area contributed by atoms with Crippen molar-refractivity contribution in [1.29, 1.82) is 0 Å². The van der Waals surface area contributed by atoms with Crippen LogP contribution in [-0.2, 0) is 0 Å². The Hall–Kier alpha value is -0.950. The van der Waals surface area contributed by atoms with Crippen LogP contribution in [0, 0.1) is 0 Å². The molecule has 1 N–H and O–H groups in total. The fraction of sp³-hybridized carbons (Fsp3) is 0.538. The van der Waals surface area contributed by atoms with Gasteiger partial charge in [-0.25, -0.2) is 0 Å². The number of halogens is 4. The van der Waals surface area contributed by atoms with E-state index in [1.165, 1.54) is 26.4 Å². The van der Waals surface area contributed by atoms with Gasteiger partial charge in [-0.05, 0) is 41.0 Å². The van der Waals surface area contributed by atoms with Gasteiger partial charge in [-0.2, -0.15) is 13.2 Å². The highest BCUT2D eigenvalue weighted by Crippen LogP contribution is 2.41. The Kier molecular flexibility index (Phi) is 6.13. The van der Waals surface area contributed by atoms with Crippen molar-refractivity contribution in [1.82, 2.24) is 5.32 Å². The van der Waals surface area contributed by atoms with Crippen LogP contribution in [0.3, 0.4) is 0 Å². The molecule has 1 aromatic carbocycles. The van der Waals surface area contributed by atoms with E-state index in [1.807, 2.05) is 0 Å². The van der Waals surface area contributed by atoms with Crippen LogP contribution in [0.2, 0.25) is 0 Å². The lowest BCUT2D eigenvalue weighted by Crippen LogP contribution is -2.35. The second-order valence-corrected chi connectivity index (χ2v) is 5.01. The first-order valence-corrected chi connectivity index (χ1v) is 6.86. The number of rotatable bonds is 6. The van der Waals surface area contributed by atoms with E-state index < -0.39 is 12.2 Å². The second-order valence-electron chi connectivity index (χ2n) is 4.16. The summed E-state index contributed by atoms with van der Waals surface area (Å²) >= 11 is 3.23. The van der Waals surface area contributed by atoms with Crippen LogP contribution in [0.25, 0.3) is 0 Å². The van der Waals surface area contributed by atoms with Crippen molar-refractivity contribution in [3.63, 3.8) is 0 Å². The molecule has 0 aliphatic carbocycles. The van der Waals surface area contributed by atoms with E-state index in [-0.39, 0.29) is 17.9 Å². The van der Waals surface area contributed by atoms with E-state index in [0.29, 0.717) is 16.6 Å². The van der Waals surface area contributed by atoms with Crippen LogP contribution in [0.15, 0.2) is 16.6 Å². The molecule has 0 saturated carbocycles. The van der Waals surface area contributed by atoms with Crippen LogP contribution < -0.4 is 14.8 Å². The quantitative estimate of drug-likeness (QED) is 0.834. The number of benzene rings is 1. The minimum atomic E-state index is -4.42. The molecule has 0 amide bonds. The normalized spacial score (nSPS) is 13.2. The van der Waals surface area contributed by atoms with Gasteiger partial charge in [-0.3, -0.25) is 0 Å². The molecule has 0 aromatic heterocycles. The van der Waals surface area contributed by atoms with Crippen molar-refractivity contribution in [2.24, 2.45) is 0 Å². The molecule has 20 heavy (non-hydrogen) atoms. The molecule has 0 aliphatic heterocycles. The highest BCUT2D eigenvalue weighted by molar-refractivity contribution is 9.10. The van der Waals surface area contributed by atoms with Crippen LogP contribution in [0.1, 0.15) is 24.9 Å². The first kappa shape index (κ1) is 17.1. The molecule has 0 radical (unpaired) electrons. The SMILES string of the molecule is CCCNC(c1cc(OC)c(Br)cc1OC)C(F)(F)F. The fourth-order valence-corrected chi connectivity index (χ4v) is 2.28. The molecule has 1 unspecified atom stereocenters. The minimum absolute atomic E-state index is 0.00787. The molecule has 3 nitrogen and oxygen atoms in total. The van der Waals surface area contributed by atoms with Gasteiger partial charge in [0, 0.05) is 5.56 Å². The molecule has 0 saturated heterocycles. The number of ether oxygens (including phenoxy) is 2. The van der Waals surface area contributed by atoms with Crippen molar-refractivity contribution in [3.05, 3.63) is 22.2 Å². The van der Waals surface area contributed by atoms with Gasteiger partial charge < -0.3 is 14.8 Å². The molecular weight excluding hydrogens is 339 g/mol. The summed E-state index contributed by atoms with van der Waals surface area (Å²) in [6, 6.07) is 1.02. The smallest absolute Gasteiger partial charge is 0.408 e. The molecule has 0 bridgehead atoms. The third-order valence-electron chi connectivity index (χ3n) is 2.74. The largest absolute Gasteiger partial charge is 0.496 e. The van der Waals surface area contributed by atoms with E-state index in [4.69, 9.17) is 9.47 Å². The Morgan fingerprint density at radius 1 is 1.20 bits per heavy atom. The lowest BCUT2D eigenvalue weighted by atomic mass is 10.0. The molecule has 0 heterocycles. The van der Waals surface area contributed by atoms with Gasteiger partial charge in [0.05, 0.1) is 18.7 Å². The van der Waals surface area contributed by atoms with Crippen molar-refractivity contribution in [2.45, 2.75) is 25.6 Å². The number of nitrogens with one attached hydrogen (secondary N) is 1. The highest BCUT2D eigenvalue weighted by Gasteiger charge is 2.42. The highest BCUT2D eigenvalue weighted by atomic mass is 79.9. The molecule has 1 atom stereocenters. The average molecular weight is 356 g/mol. The van der Waals surface area contributed by atoms with Gasteiger partial charge in [0.2, 0.25) is 0 Å². The minimum Gasteiger partial charge on any atom is -0.496 e. The zero-order valence-electron chi connectivity index (χ0n) is 11.5. The molecule has 0 fully saturated rings. The average Bonchev–Trinajstić information content (AvgIpc) is 2.38. The molecule has 1 rings (SSSR count). The number of methoxy groups -OCH3 is 2. The zero-order valence-corrected chi connectivity index (χ0v) is 13.1. The fourth-order valence-electron chi connectivity index (χ4n) is 1.80. The molecule has 7 heteroatoms. The van der Waals surface area contributed by atoms with E-state index in [1.54, 1.807) is 6.92 Å².